The quantitative estimate of drug-likeness (QED) is 0.427. The maximum atomic E-state index is 12.2. The van der Waals surface area contributed by atoms with Gasteiger partial charge in [-0.2, -0.15) is 0 Å². The standard InChI is InChI=1S/C29H46O/c1-18(2)19(3)8-9-20(4)24-10-11-25-27-21(5)16-22-17-23(30)12-14-28(22,6)26(27)13-15-29(24,25)7/h17,20-21,24-27H,8-16H2,1-7H3. The van der Waals surface area contributed by atoms with E-state index < -0.39 is 0 Å². The Hall–Kier alpha value is -0.850. The molecule has 3 saturated carbocycles. The monoisotopic (exact) mass is 410 g/mol. The predicted octanol–water partition coefficient (Wildman–Crippen LogP) is 8.15. The zero-order valence-electron chi connectivity index (χ0n) is 20.8. The molecule has 4 rings (SSSR count). The van der Waals surface area contributed by atoms with Gasteiger partial charge in [-0.05, 0) is 125 Å². The highest BCUT2D eigenvalue weighted by molar-refractivity contribution is 5.91. The van der Waals surface area contributed by atoms with Crippen molar-refractivity contribution in [2.75, 3.05) is 0 Å². The molecule has 8 atom stereocenters. The molecule has 0 aliphatic heterocycles. The first-order chi connectivity index (χ1) is 14.1. The number of hydrogen-bond acceptors (Lipinski definition) is 1. The summed E-state index contributed by atoms with van der Waals surface area (Å²) in [6.45, 7) is 17.1. The first kappa shape index (κ1) is 22.3. The van der Waals surface area contributed by atoms with Crippen molar-refractivity contribution in [2.45, 2.75) is 106 Å². The molecule has 0 spiro atoms. The normalized spacial score (nSPS) is 43.9. The summed E-state index contributed by atoms with van der Waals surface area (Å²) >= 11 is 0. The third-order valence-corrected chi connectivity index (χ3v) is 10.9. The summed E-state index contributed by atoms with van der Waals surface area (Å²) in [5.74, 6) is 5.44. The van der Waals surface area contributed by atoms with Gasteiger partial charge in [-0.1, -0.05) is 44.4 Å². The summed E-state index contributed by atoms with van der Waals surface area (Å²) < 4.78 is 0. The third kappa shape index (κ3) is 3.47. The first-order valence-corrected chi connectivity index (χ1v) is 12.9. The lowest BCUT2D eigenvalue weighted by atomic mass is 9.44. The molecule has 0 aromatic rings. The van der Waals surface area contributed by atoms with Gasteiger partial charge in [0.25, 0.3) is 0 Å². The molecule has 3 fully saturated rings. The van der Waals surface area contributed by atoms with Crippen molar-refractivity contribution in [1.29, 1.82) is 0 Å². The van der Waals surface area contributed by atoms with Crippen molar-refractivity contribution in [3.05, 3.63) is 22.8 Å². The maximum absolute atomic E-state index is 12.2. The number of allylic oxidation sites excluding steroid dienone is 3. The van der Waals surface area contributed by atoms with E-state index in [1.54, 1.807) is 5.57 Å². The summed E-state index contributed by atoms with van der Waals surface area (Å²) in [6.07, 6.45) is 13.5. The summed E-state index contributed by atoms with van der Waals surface area (Å²) in [6, 6.07) is 0. The van der Waals surface area contributed by atoms with Crippen LogP contribution in [0.3, 0.4) is 0 Å². The lowest BCUT2D eigenvalue weighted by Gasteiger charge is -2.60. The number of carbonyl (C=O) groups excluding carboxylic acids is 1. The Bertz CT molecular complexity index is 752. The van der Waals surface area contributed by atoms with Gasteiger partial charge in [-0.3, -0.25) is 4.79 Å². The highest BCUT2D eigenvalue weighted by atomic mass is 16.1. The SMILES string of the molecule is CC(C)=C(C)CCC(C)C1CCC2C3C(C)CC4=CC(=O)CCC4(C)C3CCC12C. The number of rotatable bonds is 4. The minimum Gasteiger partial charge on any atom is -0.295 e. The van der Waals surface area contributed by atoms with E-state index in [1.807, 2.05) is 0 Å². The molecule has 0 amide bonds. The van der Waals surface area contributed by atoms with Crippen LogP contribution in [0, 0.1) is 46.3 Å². The van der Waals surface area contributed by atoms with Crippen molar-refractivity contribution in [3.8, 4) is 0 Å². The summed E-state index contributed by atoms with van der Waals surface area (Å²) in [5.41, 5.74) is 5.46. The van der Waals surface area contributed by atoms with E-state index in [4.69, 9.17) is 0 Å². The van der Waals surface area contributed by atoms with Gasteiger partial charge in [0.2, 0.25) is 0 Å². The van der Waals surface area contributed by atoms with Crippen molar-refractivity contribution in [3.63, 3.8) is 0 Å². The fourth-order valence-corrected chi connectivity index (χ4v) is 8.78. The van der Waals surface area contributed by atoms with Crippen LogP contribution in [-0.4, -0.2) is 5.78 Å². The second-order valence-corrected chi connectivity index (χ2v) is 12.5. The van der Waals surface area contributed by atoms with E-state index in [9.17, 15) is 4.79 Å². The van der Waals surface area contributed by atoms with E-state index in [0.29, 0.717) is 16.6 Å². The third-order valence-electron chi connectivity index (χ3n) is 10.9. The van der Waals surface area contributed by atoms with E-state index in [-0.39, 0.29) is 0 Å². The zero-order valence-corrected chi connectivity index (χ0v) is 20.8. The highest BCUT2D eigenvalue weighted by Crippen LogP contribution is 2.68. The van der Waals surface area contributed by atoms with Gasteiger partial charge >= 0.3 is 0 Å². The van der Waals surface area contributed by atoms with Gasteiger partial charge < -0.3 is 0 Å². The molecule has 0 N–H and O–H groups in total. The van der Waals surface area contributed by atoms with Crippen molar-refractivity contribution >= 4 is 5.78 Å². The molecule has 0 radical (unpaired) electrons. The smallest absolute Gasteiger partial charge is 0.155 e. The van der Waals surface area contributed by atoms with Crippen LogP contribution in [0.15, 0.2) is 22.8 Å². The topological polar surface area (TPSA) is 17.1 Å². The largest absolute Gasteiger partial charge is 0.295 e. The average molecular weight is 411 g/mol. The van der Waals surface area contributed by atoms with Gasteiger partial charge in [0.15, 0.2) is 5.78 Å². The van der Waals surface area contributed by atoms with Crippen LogP contribution in [0.25, 0.3) is 0 Å². The number of carbonyl (C=O) groups is 1. The van der Waals surface area contributed by atoms with Gasteiger partial charge in [0.05, 0.1) is 0 Å². The van der Waals surface area contributed by atoms with Crippen molar-refractivity contribution in [2.24, 2.45) is 46.3 Å². The Morgan fingerprint density at radius 1 is 1.10 bits per heavy atom. The second-order valence-electron chi connectivity index (χ2n) is 12.5. The highest BCUT2D eigenvalue weighted by Gasteiger charge is 2.60. The predicted molar refractivity (Wildman–Crippen MR) is 127 cm³/mol. The molecule has 4 aliphatic rings. The molecular weight excluding hydrogens is 364 g/mol. The fraction of sp³-hybridized carbons (Fsp3) is 0.828. The molecule has 30 heavy (non-hydrogen) atoms. The number of ketones is 1. The van der Waals surface area contributed by atoms with Crippen LogP contribution in [0.2, 0.25) is 0 Å². The van der Waals surface area contributed by atoms with E-state index >= 15 is 0 Å². The Kier molecular flexibility index (Phi) is 5.91. The lowest BCUT2D eigenvalue weighted by molar-refractivity contribution is -0.118. The van der Waals surface area contributed by atoms with Crippen molar-refractivity contribution in [1.82, 2.24) is 0 Å². The molecule has 0 aromatic carbocycles. The molecule has 0 saturated heterocycles. The van der Waals surface area contributed by atoms with Crippen LogP contribution >= 0.6 is 0 Å². The Labute approximate surface area is 186 Å². The van der Waals surface area contributed by atoms with Gasteiger partial charge in [-0.25, -0.2) is 0 Å². The molecule has 1 heteroatoms. The second kappa shape index (κ2) is 7.93. The minimum absolute atomic E-state index is 0.302. The molecule has 0 bridgehead atoms. The van der Waals surface area contributed by atoms with Crippen LogP contribution in [0.5, 0.6) is 0 Å². The Morgan fingerprint density at radius 2 is 1.83 bits per heavy atom. The molecule has 0 aromatic heterocycles. The Balaban J connectivity index is 1.55. The molecule has 4 aliphatic carbocycles. The van der Waals surface area contributed by atoms with Crippen molar-refractivity contribution < 1.29 is 4.79 Å². The fourth-order valence-electron chi connectivity index (χ4n) is 8.78. The zero-order chi connectivity index (χ0) is 21.8. The minimum atomic E-state index is 0.302. The van der Waals surface area contributed by atoms with Crippen LogP contribution in [-0.2, 0) is 4.79 Å². The van der Waals surface area contributed by atoms with Crippen LogP contribution < -0.4 is 0 Å². The van der Waals surface area contributed by atoms with Crippen LogP contribution in [0.4, 0.5) is 0 Å². The van der Waals surface area contributed by atoms with Crippen LogP contribution in [0.1, 0.15) is 106 Å². The molecule has 8 unspecified atom stereocenters. The van der Waals surface area contributed by atoms with Gasteiger partial charge in [0.1, 0.15) is 0 Å². The Morgan fingerprint density at radius 3 is 2.53 bits per heavy atom. The average Bonchev–Trinajstić information content (AvgIpc) is 3.04. The maximum Gasteiger partial charge on any atom is 0.155 e. The van der Waals surface area contributed by atoms with E-state index in [1.165, 1.54) is 56.1 Å². The number of hydrogen-bond donors (Lipinski definition) is 0. The van der Waals surface area contributed by atoms with Gasteiger partial charge in [-0.15, -0.1) is 0 Å². The molecule has 168 valence electrons. The summed E-state index contributed by atoms with van der Waals surface area (Å²) in [5, 5.41) is 0. The lowest BCUT2D eigenvalue weighted by Crippen LogP contribution is -2.53. The first-order valence-electron chi connectivity index (χ1n) is 12.9. The van der Waals surface area contributed by atoms with E-state index in [2.05, 4.69) is 54.5 Å². The molecule has 1 nitrogen and oxygen atoms in total. The molecular formula is C29H46O. The van der Waals surface area contributed by atoms with E-state index in [0.717, 1.165) is 48.3 Å². The molecule has 0 heterocycles. The number of fused-ring (bicyclic) bond motifs is 5. The summed E-state index contributed by atoms with van der Waals surface area (Å²) in [7, 11) is 0. The summed E-state index contributed by atoms with van der Waals surface area (Å²) in [4.78, 5) is 12.2. The van der Waals surface area contributed by atoms with Gasteiger partial charge in [0, 0.05) is 6.42 Å².